The highest BCUT2D eigenvalue weighted by molar-refractivity contribution is 9.10. The number of hydrogen-bond donors (Lipinski definition) is 1. The molecule has 1 heterocycles. The van der Waals surface area contributed by atoms with Crippen LogP contribution in [0.1, 0.15) is 10.4 Å². The first kappa shape index (κ1) is 11.5. The Kier molecular flexibility index (Phi) is 3.20. The second-order valence-electron chi connectivity index (χ2n) is 3.45. The molecule has 16 heavy (non-hydrogen) atoms. The summed E-state index contributed by atoms with van der Waals surface area (Å²) in [6, 6.07) is 1.94. The average molecular weight is 292 g/mol. The van der Waals surface area contributed by atoms with Gasteiger partial charge in [0.1, 0.15) is 17.2 Å². The lowest BCUT2D eigenvalue weighted by Crippen LogP contribution is -2.48. The van der Waals surface area contributed by atoms with E-state index in [-0.39, 0.29) is 10.5 Å². The van der Waals surface area contributed by atoms with Crippen LogP contribution >= 0.6 is 15.9 Å². The van der Waals surface area contributed by atoms with Crippen LogP contribution in [0.2, 0.25) is 0 Å². The van der Waals surface area contributed by atoms with Gasteiger partial charge in [-0.3, -0.25) is 4.79 Å². The number of hydrogen-bond acceptors (Lipinski definition) is 2. The summed E-state index contributed by atoms with van der Waals surface area (Å²) in [5.74, 6) is -2.52. The number of rotatable bonds is 2. The molecule has 1 fully saturated rings. The van der Waals surface area contributed by atoms with Crippen molar-refractivity contribution < 1.29 is 18.3 Å². The molecule has 0 unspecified atom stereocenters. The summed E-state index contributed by atoms with van der Waals surface area (Å²) in [7, 11) is 0. The largest absolute Gasteiger partial charge is 0.377 e. The first-order valence-electron chi connectivity index (χ1n) is 4.61. The zero-order valence-corrected chi connectivity index (χ0v) is 9.68. The van der Waals surface area contributed by atoms with Crippen molar-refractivity contribution in [2.75, 3.05) is 13.2 Å². The molecule has 0 saturated carbocycles. The number of carbonyl (C=O) groups is 1. The third kappa shape index (κ3) is 2.22. The SMILES string of the molecule is O=C(NC1COC1)c1c(F)cc(Br)cc1F. The van der Waals surface area contributed by atoms with Gasteiger partial charge in [-0.05, 0) is 12.1 Å². The van der Waals surface area contributed by atoms with Gasteiger partial charge in [-0.15, -0.1) is 0 Å². The number of benzene rings is 1. The molecule has 1 amide bonds. The Morgan fingerprint density at radius 1 is 1.38 bits per heavy atom. The molecule has 0 radical (unpaired) electrons. The minimum absolute atomic E-state index is 0.157. The minimum atomic E-state index is -0.885. The Balaban J connectivity index is 2.21. The number of halogens is 3. The molecule has 2 rings (SSSR count). The van der Waals surface area contributed by atoms with Crippen LogP contribution in [0.4, 0.5) is 8.78 Å². The zero-order chi connectivity index (χ0) is 11.7. The van der Waals surface area contributed by atoms with Crippen molar-refractivity contribution in [3.63, 3.8) is 0 Å². The van der Waals surface area contributed by atoms with Crippen LogP contribution in [0.25, 0.3) is 0 Å². The Morgan fingerprint density at radius 3 is 2.38 bits per heavy atom. The first-order chi connectivity index (χ1) is 7.58. The Labute approximate surface area is 98.9 Å². The molecule has 1 aliphatic rings. The monoisotopic (exact) mass is 291 g/mol. The van der Waals surface area contributed by atoms with Gasteiger partial charge in [-0.25, -0.2) is 8.78 Å². The Hall–Kier alpha value is -1.01. The first-order valence-corrected chi connectivity index (χ1v) is 5.40. The molecular weight excluding hydrogens is 284 g/mol. The molecule has 0 aliphatic carbocycles. The van der Waals surface area contributed by atoms with Crippen LogP contribution in [0.3, 0.4) is 0 Å². The lowest BCUT2D eigenvalue weighted by molar-refractivity contribution is -0.00360. The van der Waals surface area contributed by atoms with Crippen LogP contribution in [-0.2, 0) is 4.74 Å². The molecule has 1 aromatic carbocycles. The van der Waals surface area contributed by atoms with E-state index >= 15 is 0 Å². The summed E-state index contributed by atoms with van der Waals surface area (Å²) in [6.07, 6.45) is 0. The topological polar surface area (TPSA) is 38.3 Å². The van der Waals surface area contributed by atoms with Gasteiger partial charge in [0.2, 0.25) is 0 Å². The van der Waals surface area contributed by atoms with Gasteiger partial charge in [0.05, 0.1) is 19.3 Å². The molecule has 0 atom stereocenters. The molecule has 1 aromatic rings. The van der Waals surface area contributed by atoms with E-state index in [1.165, 1.54) is 0 Å². The van der Waals surface area contributed by atoms with Crippen molar-refractivity contribution >= 4 is 21.8 Å². The molecule has 0 spiro atoms. The molecule has 86 valence electrons. The van der Waals surface area contributed by atoms with Crippen molar-refractivity contribution in [1.82, 2.24) is 5.32 Å². The van der Waals surface area contributed by atoms with E-state index in [9.17, 15) is 13.6 Å². The molecule has 0 bridgehead atoms. The van der Waals surface area contributed by atoms with Crippen LogP contribution < -0.4 is 5.32 Å². The summed E-state index contributed by atoms with van der Waals surface area (Å²) >= 11 is 2.94. The van der Waals surface area contributed by atoms with E-state index in [0.29, 0.717) is 13.2 Å². The van der Waals surface area contributed by atoms with Gasteiger partial charge in [-0.1, -0.05) is 15.9 Å². The van der Waals surface area contributed by atoms with Crippen molar-refractivity contribution in [3.05, 3.63) is 33.8 Å². The normalized spacial score (nSPS) is 15.7. The fourth-order valence-electron chi connectivity index (χ4n) is 1.34. The third-order valence-corrected chi connectivity index (χ3v) is 2.67. The summed E-state index contributed by atoms with van der Waals surface area (Å²) in [4.78, 5) is 11.5. The van der Waals surface area contributed by atoms with Gasteiger partial charge >= 0.3 is 0 Å². The standard InChI is InChI=1S/C10H8BrF2NO2/c11-5-1-7(12)9(8(13)2-5)10(15)14-6-3-16-4-6/h1-2,6H,3-4H2,(H,14,15). The van der Waals surface area contributed by atoms with Crippen LogP contribution in [0.5, 0.6) is 0 Å². The van der Waals surface area contributed by atoms with Gasteiger partial charge in [0, 0.05) is 4.47 Å². The predicted octanol–water partition coefficient (Wildman–Crippen LogP) is 1.86. The predicted molar refractivity (Wildman–Crippen MR) is 56.1 cm³/mol. The van der Waals surface area contributed by atoms with E-state index in [4.69, 9.17) is 4.74 Å². The fraction of sp³-hybridized carbons (Fsp3) is 0.300. The van der Waals surface area contributed by atoms with Gasteiger partial charge in [0.25, 0.3) is 5.91 Å². The maximum Gasteiger partial charge on any atom is 0.257 e. The number of amides is 1. The Morgan fingerprint density at radius 2 is 1.94 bits per heavy atom. The smallest absolute Gasteiger partial charge is 0.257 e. The molecule has 3 nitrogen and oxygen atoms in total. The second-order valence-corrected chi connectivity index (χ2v) is 4.37. The van der Waals surface area contributed by atoms with E-state index in [2.05, 4.69) is 21.2 Å². The minimum Gasteiger partial charge on any atom is -0.377 e. The van der Waals surface area contributed by atoms with Crippen LogP contribution in [-0.4, -0.2) is 25.2 Å². The lowest BCUT2D eigenvalue weighted by atomic mass is 10.1. The zero-order valence-electron chi connectivity index (χ0n) is 8.10. The number of carbonyl (C=O) groups excluding carboxylic acids is 1. The summed E-state index contributed by atoms with van der Waals surface area (Å²) < 4.78 is 31.8. The van der Waals surface area contributed by atoms with E-state index < -0.39 is 23.1 Å². The van der Waals surface area contributed by atoms with Crippen molar-refractivity contribution in [2.24, 2.45) is 0 Å². The van der Waals surface area contributed by atoms with Gasteiger partial charge in [0.15, 0.2) is 0 Å². The van der Waals surface area contributed by atoms with Crippen molar-refractivity contribution in [2.45, 2.75) is 6.04 Å². The average Bonchev–Trinajstić information content (AvgIpc) is 2.09. The van der Waals surface area contributed by atoms with Crippen LogP contribution in [0, 0.1) is 11.6 Å². The maximum atomic E-state index is 13.4. The van der Waals surface area contributed by atoms with E-state index in [0.717, 1.165) is 12.1 Å². The molecular formula is C10H8BrF2NO2. The summed E-state index contributed by atoms with van der Waals surface area (Å²) in [5, 5.41) is 2.47. The lowest BCUT2D eigenvalue weighted by Gasteiger charge is -2.26. The number of nitrogens with one attached hydrogen (secondary N) is 1. The fourth-order valence-corrected chi connectivity index (χ4v) is 1.74. The van der Waals surface area contributed by atoms with Crippen molar-refractivity contribution in [3.8, 4) is 0 Å². The summed E-state index contributed by atoms with van der Waals surface area (Å²) in [5.41, 5.74) is -0.560. The molecule has 0 aromatic heterocycles. The maximum absolute atomic E-state index is 13.4. The second kappa shape index (κ2) is 4.47. The van der Waals surface area contributed by atoms with E-state index in [1.807, 2.05) is 0 Å². The Bertz CT molecular complexity index is 412. The molecule has 1 aliphatic heterocycles. The van der Waals surface area contributed by atoms with Gasteiger partial charge in [-0.2, -0.15) is 0 Å². The highest BCUT2D eigenvalue weighted by Crippen LogP contribution is 2.19. The van der Waals surface area contributed by atoms with Gasteiger partial charge < -0.3 is 10.1 Å². The molecule has 1 N–H and O–H groups in total. The van der Waals surface area contributed by atoms with Crippen LogP contribution in [0.15, 0.2) is 16.6 Å². The number of ether oxygens (including phenoxy) is 1. The highest BCUT2D eigenvalue weighted by atomic mass is 79.9. The summed E-state index contributed by atoms with van der Waals surface area (Å²) in [6.45, 7) is 0.761. The van der Waals surface area contributed by atoms with E-state index in [1.54, 1.807) is 0 Å². The molecule has 6 heteroatoms. The third-order valence-electron chi connectivity index (χ3n) is 2.21. The molecule has 1 saturated heterocycles. The highest BCUT2D eigenvalue weighted by Gasteiger charge is 2.24. The quantitative estimate of drug-likeness (QED) is 0.903. The van der Waals surface area contributed by atoms with Crippen molar-refractivity contribution in [1.29, 1.82) is 0 Å².